The topological polar surface area (TPSA) is 68.9 Å². The smallest absolute Gasteiger partial charge is 0.316 e. The predicted octanol–water partition coefficient (Wildman–Crippen LogP) is 3.29. The first-order valence-electron chi connectivity index (χ1n) is 6.67. The van der Waals surface area contributed by atoms with Crippen LogP contribution in [0, 0.1) is 0 Å². The van der Waals surface area contributed by atoms with Crippen molar-refractivity contribution in [2.45, 2.75) is 0 Å². The van der Waals surface area contributed by atoms with Gasteiger partial charge in [0.1, 0.15) is 17.0 Å². The first kappa shape index (κ1) is 13.9. The summed E-state index contributed by atoms with van der Waals surface area (Å²) < 4.78 is 16.0. The number of ether oxygens (including phenoxy) is 2. The van der Waals surface area contributed by atoms with Crippen LogP contribution in [-0.4, -0.2) is 25.4 Å². The zero-order valence-electron chi connectivity index (χ0n) is 12.2. The maximum absolute atomic E-state index is 5.51. The van der Waals surface area contributed by atoms with E-state index in [9.17, 15) is 0 Å². The molecule has 0 atom stereocenters. The third-order valence-electron chi connectivity index (χ3n) is 3.10. The Morgan fingerprint density at radius 2 is 2.00 bits per heavy atom. The van der Waals surface area contributed by atoms with Gasteiger partial charge in [0.05, 0.1) is 20.4 Å². The molecule has 0 spiro atoms. The number of hydrogen-bond donors (Lipinski definition) is 1. The van der Waals surface area contributed by atoms with Gasteiger partial charge in [-0.25, -0.2) is 5.43 Å². The van der Waals surface area contributed by atoms with E-state index in [0.717, 1.165) is 16.8 Å². The molecule has 0 saturated heterocycles. The number of methoxy groups -OCH3 is 2. The van der Waals surface area contributed by atoms with Gasteiger partial charge >= 0.3 is 6.01 Å². The van der Waals surface area contributed by atoms with Crippen molar-refractivity contribution in [3.63, 3.8) is 0 Å². The number of benzene rings is 2. The highest BCUT2D eigenvalue weighted by Crippen LogP contribution is 2.23. The monoisotopic (exact) mass is 297 g/mol. The van der Waals surface area contributed by atoms with Gasteiger partial charge < -0.3 is 13.9 Å². The van der Waals surface area contributed by atoms with Crippen LogP contribution in [0.25, 0.3) is 11.1 Å². The fourth-order valence-electron chi connectivity index (χ4n) is 2.00. The van der Waals surface area contributed by atoms with Crippen molar-refractivity contribution in [3.8, 4) is 11.5 Å². The van der Waals surface area contributed by atoms with Crippen molar-refractivity contribution in [1.29, 1.82) is 0 Å². The molecule has 0 fully saturated rings. The van der Waals surface area contributed by atoms with Gasteiger partial charge in [0, 0.05) is 11.6 Å². The Bertz CT molecular complexity index is 778. The summed E-state index contributed by atoms with van der Waals surface area (Å²) in [6.07, 6.45) is 1.63. The summed E-state index contributed by atoms with van der Waals surface area (Å²) in [6.45, 7) is 0. The van der Waals surface area contributed by atoms with Crippen LogP contribution in [0.3, 0.4) is 0 Å². The average Bonchev–Trinajstić information content (AvgIpc) is 2.97. The molecule has 6 nitrogen and oxygen atoms in total. The number of hydrogen-bond acceptors (Lipinski definition) is 6. The van der Waals surface area contributed by atoms with Crippen molar-refractivity contribution < 1.29 is 13.9 Å². The van der Waals surface area contributed by atoms with Crippen LogP contribution < -0.4 is 14.9 Å². The largest absolute Gasteiger partial charge is 0.497 e. The Morgan fingerprint density at radius 1 is 1.14 bits per heavy atom. The molecular weight excluding hydrogens is 282 g/mol. The van der Waals surface area contributed by atoms with Crippen LogP contribution in [-0.2, 0) is 0 Å². The highest BCUT2D eigenvalue weighted by atomic mass is 16.5. The minimum absolute atomic E-state index is 0.338. The Kier molecular flexibility index (Phi) is 3.91. The molecule has 22 heavy (non-hydrogen) atoms. The average molecular weight is 297 g/mol. The van der Waals surface area contributed by atoms with Crippen molar-refractivity contribution in [2.24, 2.45) is 5.10 Å². The standard InChI is InChI=1S/C16H15N3O3/c1-20-12-8-7-11(15(9-12)21-2)10-17-19-16-18-13-5-3-4-6-14(13)22-16/h3-10H,1-2H3,(H,18,19)/b17-10+. The van der Waals surface area contributed by atoms with E-state index in [4.69, 9.17) is 13.9 Å². The molecule has 0 saturated carbocycles. The summed E-state index contributed by atoms with van der Waals surface area (Å²) in [7, 11) is 3.21. The lowest BCUT2D eigenvalue weighted by Crippen LogP contribution is -1.95. The molecule has 0 aliphatic rings. The molecule has 112 valence electrons. The van der Waals surface area contributed by atoms with Gasteiger partial charge in [-0.15, -0.1) is 0 Å². The number of rotatable bonds is 5. The summed E-state index contributed by atoms with van der Waals surface area (Å²) in [6, 6.07) is 13.3. The summed E-state index contributed by atoms with van der Waals surface area (Å²) in [4.78, 5) is 4.27. The van der Waals surface area contributed by atoms with E-state index in [1.807, 2.05) is 36.4 Å². The van der Waals surface area contributed by atoms with Crippen LogP contribution in [0.15, 0.2) is 52.0 Å². The van der Waals surface area contributed by atoms with Gasteiger partial charge in [-0.05, 0) is 24.3 Å². The second-order valence-corrected chi connectivity index (χ2v) is 4.46. The molecular formula is C16H15N3O3. The zero-order chi connectivity index (χ0) is 15.4. The van der Waals surface area contributed by atoms with Gasteiger partial charge in [-0.3, -0.25) is 0 Å². The van der Waals surface area contributed by atoms with Crippen LogP contribution in [0.2, 0.25) is 0 Å². The number of oxazole rings is 1. The maximum atomic E-state index is 5.51. The van der Waals surface area contributed by atoms with E-state index in [2.05, 4.69) is 15.5 Å². The third kappa shape index (κ3) is 2.85. The zero-order valence-corrected chi connectivity index (χ0v) is 12.2. The van der Waals surface area contributed by atoms with E-state index in [1.54, 1.807) is 26.5 Å². The number of para-hydroxylation sites is 2. The summed E-state index contributed by atoms with van der Waals surface area (Å²) in [5.74, 6) is 1.39. The first-order chi connectivity index (χ1) is 10.8. The van der Waals surface area contributed by atoms with E-state index >= 15 is 0 Å². The minimum atomic E-state index is 0.338. The molecule has 3 aromatic rings. The normalized spacial score (nSPS) is 11.0. The lowest BCUT2D eigenvalue weighted by atomic mass is 10.2. The molecule has 0 aliphatic carbocycles. The van der Waals surface area contributed by atoms with Crippen LogP contribution in [0.1, 0.15) is 5.56 Å². The highest BCUT2D eigenvalue weighted by Gasteiger charge is 2.04. The quantitative estimate of drug-likeness (QED) is 0.578. The van der Waals surface area contributed by atoms with Crippen molar-refractivity contribution in [3.05, 3.63) is 48.0 Å². The van der Waals surface area contributed by atoms with Crippen LogP contribution >= 0.6 is 0 Å². The second kappa shape index (κ2) is 6.17. The SMILES string of the molecule is COc1ccc(/C=N/Nc2nc3ccccc3o2)c(OC)c1. The predicted molar refractivity (Wildman–Crippen MR) is 84.8 cm³/mol. The Morgan fingerprint density at radius 3 is 2.77 bits per heavy atom. The molecule has 0 amide bonds. The van der Waals surface area contributed by atoms with E-state index in [0.29, 0.717) is 17.3 Å². The maximum Gasteiger partial charge on any atom is 0.316 e. The van der Waals surface area contributed by atoms with Gasteiger partial charge in [0.15, 0.2) is 5.58 Å². The van der Waals surface area contributed by atoms with E-state index < -0.39 is 0 Å². The van der Waals surface area contributed by atoms with E-state index in [1.165, 1.54) is 0 Å². The summed E-state index contributed by atoms with van der Waals surface area (Å²) in [5.41, 5.74) is 5.07. The number of anilines is 1. The molecule has 0 bridgehead atoms. The highest BCUT2D eigenvalue weighted by molar-refractivity contribution is 5.84. The van der Waals surface area contributed by atoms with Crippen LogP contribution in [0.5, 0.6) is 11.5 Å². The van der Waals surface area contributed by atoms with Gasteiger partial charge in [-0.2, -0.15) is 10.1 Å². The van der Waals surface area contributed by atoms with Gasteiger partial charge in [0.2, 0.25) is 0 Å². The van der Waals surface area contributed by atoms with Crippen molar-refractivity contribution >= 4 is 23.3 Å². The number of nitrogens with one attached hydrogen (secondary N) is 1. The van der Waals surface area contributed by atoms with Gasteiger partial charge in [-0.1, -0.05) is 12.1 Å². The fourth-order valence-corrected chi connectivity index (χ4v) is 2.00. The van der Waals surface area contributed by atoms with Crippen molar-refractivity contribution in [1.82, 2.24) is 4.98 Å². The fraction of sp³-hybridized carbons (Fsp3) is 0.125. The Labute approximate surface area is 127 Å². The number of fused-ring (bicyclic) bond motifs is 1. The van der Waals surface area contributed by atoms with E-state index in [-0.39, 0.29) is 0 Å². The lowest BCUT2D eigenvalue weighted by Gasteiger charge is -2.06. The number of nitrogens with zero attached hydrogens (tertiary/aromatic N) is 2. The Hall–Kier alpha value is -3.02. The molecule has 0 radical (unpaired) electrons. The minimum Gasteiger partial charge on any atom is -0.497 e. The summed E-state index contributed by atoms with van der Waals surface area (Å²) in [5, 5.41) is 4.12. The molecule has 2 aromatic carbocycles. The Balaban J connectivity index is 1.76. The lowest BCUT2D eigenvalue weighted by molar-refractivity contribution is 0.394. The van der Waals surface area contributed by atoms with Gasteiger partial charge in [0.25, 0.3) is 0 Å². The molecule has 3 rings (SSSR count). The molecule has 1 heterocycles. The first-order valence-corrected chi connectivity index (χ1v) is 6.67. The van der Waals surface area contributed by atoms with Crippen LogP contribution in [0.4, 0.5) is 6.01 Å². The van der Waals surface area contributed by atoms with Crippen molar-refractivity contribution in [2.75, 3.05) is 19.6 Å². The molecule has 0 unspecified atom stereocenters. The number of hydrazone groups is 1. The molecule has 1 N–H and O–H groups in total. The molecule has 6 heteroatoms. The third-order valence-corrected chi connectivity index (χ3v) is 3.10. The summed E-state index contributed by atoms with van der Waals surface area (Å²) >= 11 is 0. The number of aromatic nitrogens is 1. The second-order valence-electron chi connectivity index (χ2n) is 4.46. The molecule has 0 aliphatic heterocycles. The molecule has 1 aromatic heterocycles.